The third kappa shape index (κ3) is 4.49. The first-order chi connectivity index (χ1) is 17.5. The number of methoxy groups -OCH3 is 1. The minimum atomic E-state index is -0.566. The fraction of sp³-hybridized carbons (Fsp3) is 0.100. The van der Waals surface area contributed by atoms with E-state index in [0.717, 1.165) is 21.4 Å². The topological polar surface area (TPSA) is 72.9 Å². The van der Waals surface area contributed by atoms with Gasteiger partial charge in [-0.1, -0.05) is 72.8 Å². The van der Waals surface area contributed by atoms with E-state index in [1.54, 1.807) is 36.4 Å². The largest absolute Gasteiger partial charge is 0.493 e. The van der Waals surface area contributed by atoms with Crippen LogP contribution < -0.4 is 9.47 Å². The van der Waals surface area contributed by atoms with E-state index in [2.05, 4.69) is 24.3 Å². The summed E-state index contributed by atoms with van der Waals surface area (Å²) in [6, 6.07) is 26.2. The molecule has 1 heterocycles. The maximum absolute atomic E-state index is 12.5. The third-order valence-corrected chi connectivity index (χ3v) is 6.11. The smallest absolute Gasteiger partial charge is 0.313 e. The van der Waals surface area contributed by atoms with Gasteiger partial charge < -0.3 is 9.47 Å². The molecule has 0 saturated carbocycles. The second-order valence-electron chi connectivity index (χ2n) is 8.34. The van der Waals surface area contributed by atoms with E-state index < -0.39 is 17.8 Å². The van der Waals surface area contributed by atoms with Crippen molar-refractivity contribution in [2.45, 2.75) is 6.42 Å². The van der Waals surface area contributed by atoms with Crippen LogP contribution in [0.3, 0.4) is 0 Å². The lowest BCUT2D eigenvalue weighted by Gasteiger charge is -2.14. The van der Waals surface area contributed by atoms with Crippen molar-refractivity contribution in [1.29, 1.82) is 0 Å². The van der Waals surface area contributed by atoms with Crippen LogP contribution in [-0.4, -0.2) is 36.3 Å². The van der Waals surface area contributed by atoms with Gasteiger partial charge in [-0.25, -0.2) is 0 Å². The van der Waals surface area contributed by atoms with Gasteiger partial charge in [0, 0.05) is 6.54 Å². The van der Waals surface area contributed by atoms with E-state index in [0.29, 0.717) is 16.9 Å². The summed E-state index contributed by atoms with van der Waals surface area (Å²) in [6.07, 6.45) is 3.88. The fourth-order valence-electron chi connectivity index (χ4n) is 4.27. The number of carbonyl (C=O) groups excluding carboxylic acids is 3. The Kier molecular flexibility index (Phi) is 6.33. The zero-order chi connectivity index (χ0) is 25.1. The molecule has 5 rings (SSSR count). The molecule has 0 radical (unpaired) electrons. The normalized spacial score (nSPS) is 12.9. The molecule has 0 fully saturated rings. The molecule has 0 unspecified atom stereocenters. The minimum Gasteiger partial charge on any atom is -0.493 e. The van der Waals surface area contributed by atoms with Crippen molar-refractivity contribution in [3.8, 4) is 11.5 Å². The van der Waals surface area contributed by atoms with Gasteiger partial charge in [0.05, 0.1) is 24.7 Å². The fourth-order valence-corrected chi connectivity index (χ4v) is 4.27. The lowest BCUT2D eigenvalue weighted by atomic mass is 10.0. The van der Waals surface area contributed by atoms with E-state index in [9.17, 15) is 14.4 Å². The molecular formula is C30H23NO5. The molecule has 0 bridgehead atoms. The predicted octanol–water partition coefficient (Wildman–Crippen LogP) is 5.61. The van der Waals surface area contributed by atoms with Gasteiger partial charge in [0.25, 0.3) is 11.8 Å². The number of carbonyl (C=O) groups is 3. The molecule has 0 spiro atoms. The first-order valence-electron chi connectivity index (χ1n) is 11.5. The van der Waals surface area contributed by atoms with Gasteiger partial charge in [-0.15, -0.1) is 0 Å². The predicted molar refractivity (Wildman–Crippen MR) is 138 cm³/mol. The van der Waals surface area contributed by atoms with Crippen LogP contribution in [0, 0.1) is 0 Å². The summed E-state index contributed by atoms with van der Waals surface area (Å²) in [5.74, 6) is -0.688. The monoisotopic (exact) mass is 477 g/mol. The maximum atomic E-state index is 12.5. The SMILES string of the molecule is COc1cc(/C=C/c2cccc3ccccc23)ccc1OC(=O)CCN1C(=O)c2ccccc2C1=O. The number of rotatable bonds is 7. The van der Waals surface area contributed by atoms with E-state index in [4.69, 9.17) is 9.47 Å². The van der Waals surface area contributed by atoms with E-state index >= 15 is 0 Å². The Bertz CT molecular complexity index is 1480. The highest BCUT2D eigenvalue weighted by atomic mass is 16.6. The second-order valence-corrected chi connectivity index (χ2v) is 8.34. The molecule has 0 saturated heterocycles. The van der Waals surface area contributed by atoms with Crippen molar-refractivity contribution in [2.75, 3.05) is 13.7 Å². The number of nitrogens with zero attached hydrogens (tertiary/aromatic N) is 1. The Balaban J connectivity index is 1.25. The van der Waals surface area contributed by atoms with Crippen molar-refractivity contribution in [3.63, 3.8) is 0 Å². The number of amides is 2. The third-order valence-electron chi connectivity index (χ3n) is 6.11. The molecule has 4 aromatic carbocycles. The van der Waals surface area contributed by atoms with Crippen LogP contribution in [0.2, 0.25) is 0 Å². The van der Waals surface area contributed by atoms with Crippen molar-refractivity contribution < 1.29 is 23.9 Å². The van der Waals surface area contributed by atoms with Crippen LogP contribution in [-0.2, 0) is 4.79 Å². The molecule has 6 nitrogen and oxygen atoms in total. The van der Waals surface area contributed by atoms with Gasteiger partial charge in [-0.2, -0.15) is 0 Å². The first-order valence-corrected chi connectivity index (χ1v) is 11.5. The molecule has 2 amide bonds. The number of ether oxygens (including phenoxy) is 2. The van der Waals surface area contributed by atoms with Crippen LogP contribution >= 0.6 is 0 Å². The Labute approximate surface area is 208 Å². The number of esters is 1. The highest BCUT2D eigenvalue weighted by molar-refractivity contribution is 6.21. The Hall–Kier alpha value is -4.71. The van der Waals surface area contributed by atoms with Gasteiger partial charge in [0.15, 0.2) is 11.5 Å². The molecule has 0 N–H and O–H groups in total. The molecule has 178 valence electrons. The highest BCUT2D eigenvalue weighted by Gasteiger charge is 2.35. The van der Waals surface area contributed by atoms with Gasteiger partial charge in [0.2, 0.25) is 0 Å². The van der Waals surface area contributed by atoms with Crippen LogP contribution in [0.15, 0.2) is 84.9 Å². The number of fused-ring (bicyclic) bond motifs is 2. The van der Waals surface area contributed by atoms with E-state index in [1.807, 2.05) is 36.4 Å². The summed E-state index contributed by atoms with van der Waals surface area (Å²) < 4.78 is 10.9. The molecule has 0 aromatic heterocycles. The zero-order valence-electron chi connectivity index (χ0n) is 19.6. The summed E-state index contributed by atoms with van der Waals surface area (Å²) >= 11 is 0. The average molecular weight is 478 g/mol. The van der Waals surface area contributed by atoms with Crippen molar-refractivity contribution >= 4 is 40.7 Å². The quantitative estimate of drug-likeness (QED) is 0.150. The molecular weight excluding hydrogens is 454 g/mol. The molecule has 1 aliphatic rings. The van der Waals surface area contributed by atoms with E-state index in [1.165, 1.54) is 12.5 Å². The van der Waals surface area contributed by atoms with Crippen molar-refractivity contribution in [3.05, 3.63) is 107 Å². The molecule has 0 atom stereocenters. The average Bonchev–Trinajstić information content (AvgIpc) is 3.16. The Morgan fingerprint density at radius 2 is 1.50 bits per heavy atom. The number of benzene rings is 4. The van der Waals surface area contributed by atoms with Crippen molar-refractivity contribution in [1.82, 2.24) is 4.90 Å². The van der Waals surface area contributed by atoms with Crippen LogP contribution in [0.4, 0.5) is 0 Å². The lowest BCUT2D eigenvalue weighted by molar-refractivity contribution is -0.134. The first kappa shape index (κ1) is 23.1. The van der Waals surface area contributed by atoms with Crippen LogP contribution in [0.1, 0.15) is 38.3 Å². The summed E-state index contributed by atoms with van der Waals surface area (Å²) in [5, 5.41) is 2.33. The number of hydrogen-bond donors (Lipinski definition) is 0. The van der Waals surface area contributed by atoms with Gasteiger partial charge in [0.1, 0.15) is 0 Å². The molecule has 36 heavy (non-hydrogen) atoms. The summed E-state index contributed by atoms with van der Waals surface area (Å²) in [6.45, 7) is -0.0562. The second kappa shape index (κ2) is 9.88. The van der Waals surface area contributed by atoms with Crippen molar-refractivity contribution in [2.24, 2.45) is 0 Å². The number of hydrogen-bond acceptors (Lipinski definition) is 5. The summed E-state index contributed by atoms with van der Waals surface area (Å²) in [4.78, 5) is 38.5. The van der Waals surface area contributed by atoms with Gasteiger partial charge in [-0.05, 0) is 46.2 Å². The molecule has 4 aromatic rings. The number of imide groups is 1. The molecule has 6 heteroatoms. The molecule has 1 aliphatic heterocycles. The highest BCUT2D eigenvalue weighted by Crippen LogP contribution is 2.30. The Morgan fingerprint density at radius 1 is 0.806 bits per heavy atom. The van der Waals surface area contributed by atoms with Gasteiger partial charge >= 0.3 is 5.97 Å². The molecule has 0 aliphatic carbocycles. The summed E-state index contributed by atoms with van der Waals surface area (Å²) in [7, 11) is 1.50. The standard InChI is InChI=1S/C30H23NO5/c1-35-27-19-20(13-15-22-9-6-8-21-7-2-3-10-23(21)22)14-16-26(27)36-28(32)17-18-31-29(33)24-11-4-5-12-25(24)30(31)34/h2-16,19H,17-18H2,1H3/b15-13+. The Morgan fingerprint density at radius 3 is 2.25 bits per heavy atom. The van der Waals surface area contributed by atoms with E-state index in [-0.39, 0.29) is 18.7 Å². The lowest BCUT2D eigenvalue weighted by Crippen LogP contribution is -2.32. The van der Waals surface area contributed by atoms with Crippen LogP contribution in [0.25, 0.3) is 22.9 Å². The minimum absolute atomic E-state index is 0.0562. The summed E-state index contributed by atoms with van der Waals surface area (Å²) in [5.41, 5.74) is 2.68. The van der Waals surface area contributed by atoms with Gasteiger partial charge in [-0.3, -0.25) is 19.3 Å². The zero-order valence-corrected chi connectivity index (χ0v) is 19.6. The van der Waals surface area contributed by atoms with Crippen LogP contribution in [0.5, 0.6) is 11.5 Å². The maximum Gasteiger partial charge on any atom is 0.313 e.